The molecule has 0 saturated heterocycles. The van der Waals surface area contributed by atoms with Gasteiger partial charge in [0.15, 0.2) is 5.82 Å². The van der Waals surface area contributed by atoms with Crippen molar-refractivity contribution < 1.29 is 9.53 Å². The maximum absolute atomic E-state index is 13.4. The summed E-state index contributed by atoms with van der Waals surface area (Å²) < 4.78 is 8.06. The zero-order valence-electron chi connectivity index (χ0n) is 19.1. The number of hydrogen-bond acceptors (Lipinski definition) is 6. The highest BCUT2D eigenvalue weighted by Gasteiger charge is 2.22. The summed E-state index contributed by atoms with van der Waals surface area (Å²) in [6.07, 6.45) is 7.53. The zero-order valence-corrected chi connectivity index (χ0v) is 19.1. The lowest BCUT2D eigenvalue weighted by molar-refractivity contribution is 0.0525. The lowest BCUT2D eigenvalue weighted by atomic mass is 10.1. The zero-order chi connectivity index (χ0) is 23.5. The summed E-state index contributed by atoms with van der Waals surface area (Å²) in [6, 6.07) is 5.06. The van der Waals surface area contributed by atoms with Crippen LogP contribution >= 0.6 is 0 Å². The predicted octanol–water partition coefficient (Wildman–Crippen LogP) is 3.49. The van der Waals surface area contributed by atoms with E-state index in [-0.39, 0.29) is 28.9 Å². The number of carbonyl (C=O) groups is 1. The molecule has 0 aromatic carbocycles. The molecule has 0 spiro atoms. The molecule has 0 radical (unpaired) electrons. The normalized spacial score (nSPS) is 11.4. The van der Waals surface area contributed by atoms with Crippen LogP contribution in [0.3, 0.4) is 0 Å². The minimum absolute atomic E-state index is 0.152. The van der Waals surface area contributed by atoms with Gasteiger partial charge in [0.1, 0.15) is 5.56 Å². The Hall–Kier alpha value is -3.75. The topological polar surface area (TPSA) is 112 Å². The number of pyridine rings is 3. The van der Waals surface area contributed by atoms with Gasteiger partial charge in [-0.3, -0.25) is 19.3 Å². The smallest absolute Gasteiger partial charge is 0.343 e. The first-order valence-corrected chi connectivity index (χ1v) is 11.2. The minimum atomic E-state index is -0.562. The Morgan fingerprint density at radius 3 is 2.48 bits per heavy atom. The van der Waals surface area contributed by atoms with Crippen LogP contribution in [-0.2, 0) is 11.3 Å². The monoisotopic (exact) mass is 449 g/mol. The molecule has 9 nitrogen and oxygen atoms in total. The summed E-state index contributed by atoms with van der Waals surface area (Å²) in [7, 11) is 0. The molecule has 4 aromatic rings. The lowest BCUT2D eigenvalue weighted by Gasteiger charge is -2.09. The highest BCUT2D eigenvalue weighted by molar-refractivity contribution is 5.95. The molecule has 172 valence electrons. The molecule has 1 N–H and O–H groups in total. The fourth-order valence-corrected chi connectivity index (χ4v) is 3.95. The van der Waals surface area contributed by atoms with E-state index >= 15 is 0 Å². The quantitative estimate of drug-likeness (QED) is 0.250. The van der Waals surface area contributed by atoms with E-state index < -0.39 is 11.5 Å². The van der Waals surface area contributed by atoms with Gasteiger partial charge >= 0.3 is 5.97 Å². The van der Waals surface area contributed by atoms with Gasteiger partial charge in [0.25, 0.3) is 11.1 Å². The molecule has 0 amide bonds. The molecule has 4 aromatic heterocycles. The fourth-order valence-electron chi connectivity index (χ4n) is 3.95. The van der Waals surface area contributed by atoms with Crippen LogP contribution in [-0.4, -0.2) is 36.9 Å². The van der Waals surface area contributed by atoms with Gasteiger partial charge in [0.05, 0.1) is 28.4 Å². The van der Waals surface area contributed by atoms with Crippen LogP contribution in [0.5, 0.6) is 0 Å². The molecule has 0 aliphatic rings. The highest BCUT2D eigenvalue weighted by atomic mass is 16.5. The Morgan fingerprint density at radius 2 is 1.76 bits per heavy atom. The van der Waals surface area contributed by atoms with E-state index in [0.29, 0.717) is 28.7 Å². The molecule has 0 fully saturated rings. The van der Waals surface area contributed by atoms with Gasteiger partial charge in [-0.2, -0.15) is 5.10 Å². The highest BCUT2D eigenvalue weighted by Crippen LogP contribution is 2.19. The number of aromatic amines is 1. The number of aryl methyl sites for hydroxylation is 2. The van der Waals surface area contributed by atoms with E-state index in [4.69, 9.17) is 4.74 Å². The van der Waals surface area contributed by atoms with Crippen molar-refractivity contribution in [3.8, 4) is 5.82 Å². The van der Waals surface area contributed by atoms with Crippen LogP contribution in [0.1, 0.15) is 55.6 Å². The predicted molar refractivity (Wildman–Crippen MR) is 126 cm³/mol. The van der Waals surface area contributed by atoms with Crippen LogP contribution in [0.2, 0.25) is 0 Å². The first-order valence-electron chi connectivity index (χ1n) is 11.2. The van der Waals surface area contributed by atoms with Gasteiger partial charge < -0.3 is 9.30 Å². The van der Waals surface area contributed by atoms with Crippen LogP contribution in [0.25, 0.3) is 27.6 Å². The number of aromatic nitrogens is 5. The maximum Gasteiger partial charge on any atom is 0.343 e. The van der Waals surface area contributed by atoms with E-state index in [1.807, 2.05) is 0 Å². The number of H-pyrrole nitrogens is 1. The fraction of sp³-hybridized carbons (Fsp3) is 0.375. The van der Waals surface area contributed by atoms with Crippen molar-refractivity contribution in [2.24, 2.45) is 0 Å². The van der Waals surface area contributed by atoms with E-state index in [0.717, 1.165) is 25.7 Å². The first-order chi connectivity index (χ1) is 16.0. The maximum atomic E-state index is 13.4. The number of hydrogen-bond donors (Lipinski definition) is 1. The van der Waals surface area contributed by atoms with E-state index in [1.54, 1.807) is 42.8 Å². The Balaban J connectivity index is 1.83. The third-order valence-electron chi connectivity index (χ3n) is 5.70. The summed E-state index contributed by atoms with van der Waals surface area (Å²) >= 11 is 0. The number of unbranched alkanes of at least 4 members (excludes halogenated alkanes) is 3. The number of esters is 1. The van der Waals surface area contributed by atoms with Crippen molar-refractivity contribution >= 4 is 27.8 Å². The van der Waals surface area contributed by atoms with Crippen LogP contribution in [0.4, 0.5) is 0 Å². The molecule has 0 unspecified atom stereocenters. The van der Waals surface area contributed by atoms with Crippen molar-refractivity contribution in [3.05, 3.63) is 62.6 Å². The average molecular weight is 450 g/mol. The molecule has 9 heteroatoms. The van der Waals surface area contributed by atoms with Gasteiger partial charge in [-0.25, -0.2) is 9.78 Å². The SMILES string of the molecule is CCCCCCn1ccc2nc3ccn(-c4n[nH]c(C)c4C(=O)OCC)c(=O)c3cc2c1=O. The Labute approximate surface area is 190 Å². The third kappa shape index (κ3) is 4.18. The van der Waals surface area contributed by atoms with Gasteiger partial charge in [-0.1, -0.05) is 26.2 Å². The summed E-state index contributed by atoms with van der Waals surface area (Å²) in [6.45, 7) is 6.37. The van der Waals surface area contributed by atoms with Gasteiger partial charge in [0, 0.05) is 24.6 Å². The Bertz CT molecular complexity index is 1450. The van der Waals surface area contributed by atoms with Crippen molar-refractivity contribution in [1.82, 2.24) is 24.3 Å². The average Bonchev–Trinajstić information content (AvgIpc) is 3.19. The van der Waals surface area contributed by atoms with Crippen molar-refractivity contribution in [2.45, 2.75) is 53.0 Å². The summed E-state index contributed by atoms with van der Waals surface area (Å²) in [5.41, 5.74) is 1.11. The van der Waals surface area contributed by atoms with Gasteiger partial charge in [-0.15, -0.1) is 0 Å². The molecule has 0 aliphatic carbocycles. The summed E-state index contributed by atoms with van der Waals surface area (Å²) in [4.78, 5) is 43.4. The van der Waals surface area contributed by atoms with Crippen molar-refractivity contribution in [2.75, 3.05) is 6.61 Å². The molecule has 0 bridgehead atoms. The standard InChI is InChI=1S/C24H27N5O4/c1-4-6-7-8-11-28-12-9-18-16(22(28)30)14-17-19(25-18)10-13-29(23(17)31)21-20(15(3)26-27-21)24(32)33-5-2/h9-10,12-14H,4-8,11H2,1-3H3,(H,26,27). The van der Waals surface area contributed by atoms with E-state index in [2.05, 4.69) is 22.1 Å². The summed E-state index contributed by atoms with van der Waals surface area (Å²) in [5.74, 6) is -0.410. The Morgan fingerprint density at radius 1 is 1.03 bits per heavy atom. The number of ether oxygens (including phenoxy) is 1. The van der Waals surface area contributed by atoms with Crippen LogP contribution < -0.4 is 11.1 Å². The molecule has 4 rings (SSSR count). The number of nitrogens with zero attached hydrogens (tertiary/aromatic N) is 4. The molecular formula is C24H27N5O4. The van der Waals surface area contributed by atoms with E-state index in [1.165, 1.54) is 10.8 Å². The molecular weight excluding hydrogens is 422 g/mol. The van der Waals surface area contributed by atoms with Crippen LogP contribution in [0.15, 0.2) is 40.2 Å². The molecule has 0 aliphatic heterocycles. The van der Waals surface area contributed by atoms with Gasteiger partial charge in [0.2, 0.25) is 0 Å². The minimum Gasteiger partial charge on any atom is -0.462 e. The Kier molecular flexibility index (Phi) is 6.39. The molecule has 0 atom stereocenters. The largest absolute Gasteiger partial charge is 0.462 e. The lowest BCUT2D eigenvalue weighted by Crippen LogP contribution is -2.23. The second-order valence-electron chi connectivity index (χ2n) is 7.99. The van der Waals surface area contributed by atoms with Crippen molar-refractivity contribution in [1.29, 1.82) is 0 Å². The molecule has 33 heavy (non-hydrogen) atoms. The third-order valence-corrected chi connectivity index (χ3v) is 5.70. The molecule has 4 heterocycles. The van der Waals surface area contributed by atoms with E-state index in [9.17, 15) is 14.4 Å². The number of rotatable bonds is 8. The number of nitrogens with one attached hydrogen (secondary N) is 1. The van der Waals surface area contributed by atoms with Crippen LogP contribution in [0, 0.1) is 6.92 Å². The van der Waals surface area contributed by atoms with Crippen molar-refractivity contribution in [3.63, 3.8) is 0 Å². The summed E-state index contributed by atoms with van der Waals surface area (Å²) in [5, 5.41) is 7.56. The number of carbonyl (C=O) groups excluding carboxylic acids is 1. The van der Waals surface area contributed by atoms with Gasteiger partial charge in [-0.05, 0) is 38.5 Å². The second kappa shape index (κ2) is 9.40. The second-order valence-corrected chi connectivity index (χ2v) is 7.99. The number of fused-ring (bicyclic) bond motifs is 2. The first kappa shape index (κ1) is 22.4. The molecule has 0 saturated carbocycles.